The first kappa shape index (κ1) is 35.8. The Morgan fingerprint density at radius 1 is 1.09 bits per heavy atom. The second-order valence-electron chi connectivity index (χ2n) is 10.6. The van der Waals surface area contributed by atoms with E-state index in [0.717, 1.165) is 53.0 Å². The predicted molar refractivity (Wildman–Crippen MR) is 180 cm³/mol. The highest BCUT2D eigenvalue weighted by atomic mass is 19.1. The standard InChI is InChI=1S/C34H39FN2O3.C2H6.C2H2/c1-5-6-8-12-24(4)36-34(39)31-30(25-13-9-7-10-14-25)33(26-17-19-27(35)20-18-26)37(32(31)23(2)3)22-21-28-15-11-16-29(38)40-28;2*1-2/h5-7,9-10,12-14,17-20,23,28H,8,11,15-16,21-22H2,1-4H3,(H,36,39);1-2H3;1-2H/b6-5-,24-12+;;/t28-;;/m0../s1. The van der Waals surface area contributed by atoms with Crippen LogP contribution in [0, 0.1) is 18.7 Å². The van der Waals surface area contributed by atoms with Gasteiger partial charge in [0.2, 0.25) is 0 Å². The molecule has 0 unspecified atom stereocenters. The molecule has 0 aliphatic carbocycles. The molecule has 1 atom stereocenters. The van der Waals surface area contributed by atoms with Crippen molar-refractivity contribution in [1.82, 2.24) is 9.88 Å². The van der Waals surface area contributed by atoms with Crippen molar-refractivity contribution in [2.75, 3.05) is 0 Å². The van der Waals surface area contributed by atoms with Gasteiger partial charge in [-0.25, -0.2) is 4.39 Å². The van der Waals surface area contributed by atoms with E-state index in [1.165, 1.54) is 12.1 Å². The molecule has 1 N–H and O–H groups in total. The molecule has 0 bridgehead atoms. The molecule has 2 aromatic carbocycles. The number of halogens is 1. The summed E-state index contributed by atoms with van der Waals surface area (Å²) in [5.41, 5.74) is 5.70. The molecule has 0 spiro atoms. The number of terminal acetylenes is 1. The Morgan fingerprint density at radius 2 is 1.75 bits per heavy atom. The van der Waals surface area contributed by atoms with Crippen LogP contribution in [0.5, 0.6) is 0 Å². The number of aromatic nitrogens is 1. The minimum atomic E-state index is -0.318. The lowest BCUT2D eigenvalue weighted by Crippen LogP contribution is -2.26. The quantitative estimate of drug-likeness (QED) is 0.144. The maximum absolute atomic E-state index is 14.1. The molecule has 5 nitrogen and oxygen atoms in total. The number of nitrogens with one attached hydrogen (secondary N) is 1. The molecule has 1 aliphatic heterocycles. The van der Waals surface area contributed by atoms with E-state index in [1.807, 2.05) is 76.3 Å². The molecule has 1 aliphatic rings. The van der Waals surface area contributed by atoms with Gasteiger partial charge in [-0.1, -0.05) is 76.3 Å². The highest BCUT2D eigenvalue weighted by Crippen LogP contribution is 2.42. The van der Waals surface area contributed by atoms with Gasteiger partial charge in [0.1, 0.15) is 11.9 Å². The van der Waals surface area contributed by atoms with Crippen LogP contribution in [0.4, 0.5) is 4.39 Å². The lowest BCUT2D eigenvalue weighted by molar-refractivity contribution is -0.154. The van der Waals surface area contributed by atoms with Gasteiger partial charge in [0, 0.05) is 36.3 Å². The Labute approximate surface area is 263 Å². The Balaban J connectivity index is 0.00000162. The summed E-state index contributed by atoms with van der Waals surface area (Å²) in [6, 6.07) is 16.3. The number of ether oxygens (including phenoxy) is 1. The smallest absolute Gasteiger partial charge is 0.306 e. The molecule has 6 heteroatoms. The summed E-state index contributed by atoms with van der Waals surface area (Å²) in [5.74, 6) is -0.639. The minimum absolute atomic E-state index is 0.0126. The molecule has 0 saturated carbocycles. The summed E-state index contributed by atoms with van der Waals surface area (Å²) in [5, 5.41) is 3.12. The van der Waals surface area contributed by atoms with Crippen molar-refractivity contribution in [2.45, 2.75) is 92.2 Å². The Morgan fingerprint density at radius 3 is 2.34 bits per heavy atom. The van der Waals surface area contributed by atoms with Crippen LogP contribution < -0.4 is 5.32 Å². The number of carbonyl (C=O) groups is 2. The maximum Gasteiger partial charge on any atom is 0.306 e. The lowest BCUT2D eigenvalue weighted by Gasteiger charge is -2.24. The van der Waals surface area contributed by atoms with Crippen LogP contribution in [0.1, 0.15) is 95.6 Å². The Kier molecular flexibility index (Phi) is 14.9. The average Bonchev–Trinajstić information content (AvgIpc) is 3.38. The Hall–Kier alpha value is -4.37. The van der Waals surface area contributed by atoms with Gasteiger partial charge < -0.3 is 14.6 Å². The van der Waals surface area contributed by atoms with Gasteiger partial charge in [-0.2, -0.15) is 0 Å². The number of carbonyl (C=O) groups excluding carboxylic acids is 2. The van der Waals surface area contributed by atoms with Crippen molar-refractivity contribution in [3.8, 4) is 35.2 Å². The van der Waals surface area contributed by atoms with Crippen molar-refractivity contribution in [2.24, 2.45) is 0 Å². The molecule has 4 rings (SSSR count). The fraction of sp³-hybridized carbons (Fsp3) is 0.368. The number of hydrogen-bond donors (Lipinski definition) is 1. The van der Waals surface area contributed by atoms with E-state index >= 15 is 0 Å². The third-order valence-electron chi connectivity index (χ3n) is 7.24. The number of cyclic esters (lactones) is 1. The van der Waals surface area contributed by atoms with Crippen LogP contribution in [-0.4, -0.2) is 22.5 Å². The first-order chi connectivity index (χ1) is 21.3. The third kappa shape index (κ3) is 9.31. The zero-order chi connectivity index (χ0) is 32.6. The van der Waals surface area contributed by atoms with Gasteiger partial charge >= 0.3 is 5.97 Å². The van der Waals surface area contributed by atoms with Gasteiger partial charge in [0.15, 0.2) is 0 Å². The molecule has 1 fully saturated rings. The highest BCUT2D eigenvalue weighted by Gasteiger charge is 2.31. The number of benzene rings is 2. The largest absolute Gasteiger partial charge is 0.462 e. The van der Waals surface area contributed by atoms with E-state index < -0.39 is 0 Å². The SMILES string of the molecule is C#C.C/C=C\C/C=C(\C)NC(=O)c1c(-c2ccccc2)c(-c2ccc(F)cc2)n(CC[C@@H]2CCCC(=O)O2)c1C(C)C.CC. The van der Waals surface area contributed by atoms with E-state index in [0.29, 0.717) is 24.9 Å². The van der Waals surface area contributed by atoms with Gasteiger partial charge in [-0.05, 0) is 74.4 Å². The molecule has 2 heterocycles. The van der Waals surface area contributed by atoms with Crippen LogP contribution in [-0.2, 0) is 16.1 Å². The first-order valence-corrected chi connectivity index (χ1v) is 15.5. The van der Waals surface area contributed by atoms with Crippen LogP contribution in [0.3, 0.4) is 0 Å². The van der Waals surface area contributed by atoms with Gasteiger partial charge in [-0.15, -0.1) is 12.8 Å². The molecule has 1 amide bonds. The summed E-state index contributed by atoms with van der Waals surface area (Å²) < 4.78 is 21.9. The Bertz CT molecular complexity index is 1430. The number of nitrogens with zero attached hydrogens (tertiary/aromatic N) is 1. The summed E-state index contributed by atoms with van der Waals surface area (Å²) in [7, 11) is 0. The third-order valence-corrected chi connectivity index (χ3v) is 7.24. The van der Waals surface area contributed by atoms with Crippen molar-refractivity contribution in [3.05, 3.63) is 95.6 Å². The summed E-state index contributed by atoms with van der Waals surface area (Å²) >= 11 is 0. The molecule has 1 saturated heterocycles. The number of esters is 1. The van der Waals surface area contributed by atoms with Gasteiger partial charge in [0.05, 0.1) is 11.3 Å². The second kappa shape index (κ2) is 18.3. The lowest BCUT2D eigenvalue weighted by atomic mass is 9.94. The van der Waals surface area contributed by atoms with E-state index in [4.69, 9.17) is 4.74 Å². The normalized spacial score (nSPS) is 14.7. The van der Waals surface area contributed by atoms with Crippen LogP contribution in [0.2, 0.25) is 0 Å². The fourth-order valence-electron chi connectivity index (χ4n) is 5.42. The average molecular weight is 599 g/mol. The van der Waals surface area contributed by atoms with Crippen LogP contribution >= 0.6 is 0 Å². The first-order valence-electron chi connectivity index (χ1n) is 15.5. The monoisotopic (exact) mass is 598 g/mol. The molecular formula is C38H47FN2O3. The van der Waals surface area contributed by atoms with Crippen molar-refractivity contribution >= 4 is 11.9 Å². The summed E-state index contributed by atoms with van der Waals surface area (Å²) in [6.07, 6.45) is 17.3. The highest BCUT2D eigenvalue weighted by molar-refractivity contribution is 6.07. The number of hydrogen-bond acceptors (Lipinski definition) is 3. The topological polar surface area (TPSA) is 60.3 Å². The fourth-order valence-corrected chi connectivity index (χ4v) is 5.42. The van der Waals surface area contributed by atoms with Crippen molar-refractivity contribution in [3.63, 3.8) is 0 Å². The zero-order valence-corrected chi connectivity index (χ0v) is 27.0. The molecule has 44 heavy (non-hydrogen) atoms. The predicted octanol–water partition coefficient (Wildman–Crippen LogP) is 9.45. The number of rotatable bonds is 10. The molecule has 234 valence electrons. The summed E-state index contributed by atoms with van der Waals surface area (Å²) in [6.45, 7) is 12.6. The molecule has 1 aromatic heterocycles. The molecular weight excluding hydrogens is 551 g/mol. The van der Waals surface area contributed by atoms with Crippen molar-refractivity contribution in [1.29, 1.82) is 0 Å². The van der Waals surface area contributed by atoms with E-state index in [9.17, 15) is 14.0 Å². The van der Waals surface area contributed by atoms with Crippen molar-refractivity contribution < 1.29 is 18.7 Å². The second-order valence-corrected chi connectivity index (χ2v) is 10.6. The zero-order valence-electron chi connectivity index (χ0n) is 27.0. The number of allylic oxidation sites excluding steroid dienone is 4. The molecule has 3 aromatic rings. The maximum atomic E-state index is 14.1. The van der Waals surface area contributed by atoms with E-state index in [-0.39, 0.29) is 29.7 Å². The van der Waals surface area contributed by atoms with E-state index in [2.05, 4.69) is 36.6 Å². The van der Waals surface area contributed by atoms with Gasteiger partial charge in [0.25, 0.3) is 5.91 Å². The van der Waals surface area contributed by atoms with Gasteiger partial charge in [-0.3, -0.25) is 9.59 Å². The summed E-state index contributed by atoms with van der Waals surface area (Å²) in [4.78, 5) is 26.1. The minimum Gasteiger partial charge on any atom is -0.462 e. The molecule has 0 radical (unpaired) electrons. The van der Waals surface area contributed by atoms with Crippen LogP contribution in [0.25, 0.3) is 22.4 Å². The van der Waals surface area contributed by atoms with Crippen LogP contribution in [0.15, 0.2) is 78.5 Å². The number of amides is 1. The van der Waals surface area contributed by atoms with E-state index in [1.54, 1.807) is 12.1 Å².